The molecule has 0 saturated heterocycles. The zero-order chi connectivity index (χ0) is 11.4. The van der Waals surface area contributed by atoms with Gasteiger partial charge in [0.1, 0.15) is 0 Å². The zero-order valence-corrected chi connectivity index (χ0v) is 10.0. The summed E-state index contributed by atoms with van der Waals surface area (Å²) in [6, 6.07) is 3.95. The van der Waals surface area contributed by atoms with Gasteiger partial charge in [-0.25, -0.2) is 0 Å². The van der Waals surface area contributed by atoms with Crippen LogP contribution in [0.15, 0.2) is 22.0 Å². The summed E-state index contributed by atoms with van der Waals surface area (Å²) in [6.07, 6.45) is 2.62. The van der Waals surface area contributed by atoms with Crippen molar-refractivity contribution < 1.29 is 4.52 Å². The Morgan fingerprint density at radius 1 is 1.56 bits per heavy atom. The molecular weight excluding hydrogens is 222 g/mol. The molecule has 2 heterocycles. The second kappa shape index (κ2) is 5.23. The fourth-order valence-electron chi connectivity index (χ4n) is 1.49. The van der Waals surface area contributed by atoms with E-state index in [0.29, 0.717) is 11.7 Å². The Hall–Kier alpha value is -1.20. The van der Waals surface area contributed by atoms with Gasteiger partial charge >= 0.3 is 0 Å². The summed E-state index contributed by atoms with van der Waals surface area (Å²) in [4.78, 5) is 5.54. The summed E-state index contributed by atoms with van der Waals surface area (Å²) in [5.41, 5.74) is 5.90. The average molecular weight is 237 g/mol. The van der Waals surface area contributed by atoms with E-state index in [1.54, 1.807) is 11.3 Å². The molecule has 2 N–H and O–H groups in total. The molecule has 16 heavy (non-hydrogen) atoms. The standard InChI is InChI=1S/C11H15N3OS/c1-2-4-9(12)11-13-10(14-15-11)7-8-5-3-6-16-8/h3,5-6,9H,2,4,7,12H2,1H3/t9-/m1/s1. The van der Waals surface area contributed by atoms with Crippen LogP contribution in [-0.4, -0.2) is 10.1 Å². The van der Waals surface area contributed by atoms with Gasteiger partial charge in [-0.2, -0.15) is 4.98 Å². The lowest BCUT2D eigenvalue weighted by Crippen LogP contribution is -2.10. The second-order valence-corrected chi connectivity index (χ2v) is 4.73. The third kappa shape index (κ3) is 2.68. The maximum absolute atomic E-state index is 5.90. The Morgan fingerprint density at radius 3 is 3.12 bits per heavy atom. The number of nitrogens with two attached hydrogens (primary N) is 1. The number of thiophene rings is 1. The number of hydrogen-bond donors (Lipinski definition) is 1. The first-order chi connectivity index (χ1) is 7.79. The van der Waals surface area contributed by atoms with E-state index in [0.717, 1.165) is 19.3 Å². The van der Waals surface area contributed by atoms with Crippen LogP contribution in [0.25, 0.3) is 0 Å². The van der Waals surface area contributed by atoms with Gasteiger partial charge in [0.15, 0.2) is 5.82 Å². The first kappa shape index (κ1) is 11.3. The molecule has 0 amide bonds. The molecule has 0 bridgehead atoms. The van der Waals surface area contributed by atoms with Crippen LogP contribution >= 0.6 is 11.3 Å². The van der Waals surface area contributed by atoms with Crippen molar-refractivity contribution in [3.05, 3.63) is 34.1 Å². The maximum atomic E-state index is 5.90. The molecule has 4 nitrogen and oxygen atoms in total. The van der Waals surface area contributed by atoms with Crippen LogP contribution in [-0.2, 0) is 6.42 Å². The molecule has 0 aliphatic heterocycles. The quantitative estimate of drug-likeness (QED) is 0.867. The highest BCUT2D eigenvalue weighted by molar-refractivity contribution is 7.09. The number of rotatable bonds is 5. The fourth-order valence-corrected chi connectivity index (χ4v) is 2.19. The highest BCUT2D eigenvalue weighted by atomic mass is 32.1. The highest BCUT2D eigenvalue weighted by Gasteiger charge is 2.14. The lowest BCUT2D eigenvalue weighted by molar-refractivity contribution is 0.345. The molecule has 0 unspecified atom stereocenters. The lowest BCUT2D eigenvalue weighted by Gasteiger charge is -2.01. The molecule has 0 fully saturated rings. The van der Waals surface area contributed by atoms with Gasteiger partial charge in [-0.05, 0) is 17.9 Å². The van der Waals surface area contributed by atoms with Crippen molar-refractivity contribution in [2.75, 3.05) is 0 Å². The van der Waals surface area contributed by atoms with Gasteiger partial charge in [0.25, 0.3) is 0 Å². The molecule has 86 valence electrons. The van der Waals surface area contributed by atoms with Gasteiger partial charge in [0.2, 0.25) is 5.89 Å². The molecule has 0 aliphatic carbocycles. The van der Waals surface area contributed by atoms with Crippen LogP contribution in [0.5, 0.6) is 0 Å². The molecule has 2 aromatic heterocycles. The Bertz CT molecular complexity index is 424. The van der Waals surface area contributed by atoms with E-state index in [1.807, 2.05) is 11.4 Å². The third-order valence-corrected chi connectivity index (χ3v) is 3.19. The monoisotopic (exact) mass is 237 g/mol. The predicted octanol–water partition coefficient (Wildman–Crippen LogP) is 2.52. The van der Waals surface area contributed by atoms with Gasteiger partial charge < -0.3 is 10.3 Å². The highest BCUT2D eigenvalue weighted by Crippen LogP contribution is 2.16. The lowest BCUT2D eigenvalue weighted by atomic mass is 10.2. The normalized spacial score (nSPS) is 12.9. The van der Waals surface area contributed by atoms with Gasteiger partial charge in [0.05, 0.1) is 6.04 Å². The number of aromatic nitrogens is 2. The molecule has 0 aromatic carbocycles. The minimum absolute atomic E-state index is 0.130. The van der Waals surface area contributed by atoms with Crippen molar-refractivity contribution in [1.29, 1.82) is 0 Å². The van der Waals surface area contributed by atoms with E-state index >= 15 is 0 Å². The smallest absolute Gasteiger partial charge is 0.243 e. The van der Waals surface area contributed by atoms with Gasteiger partial charge in [0, 0.05) is 11.3 Å². The summed E-state index contributed by atoms with van der Waals surface area (Å²) >= 11 is 1.69. The minimum Gasteiger partial charge on any atom is -0.338 e. The molecule has 0 radical (unpaired) electrons. The van der Waals surface area contributed by atoms with E-state index < -0.39 is 0 Å². The van der Waals surface area contributed by atoms with Crippen molar-refractivity contribution in [2.45, 2.75) is 32.2 Å². The van der Waals surface area contributed by atoms with Gasteiger partial charge in [-0.15, -0.1) is 11.3 Å². The predicted molar refractivity (Wildman–Crippen MR) is 63.3 cm³/mol. The zero-order valence-electron chi connectivity index (χ0n) is 9.22. The van der Waals surface area contributed by atoms with Gasteiger partial charge in [-0.3, -0.25) is 0 Å². The SMILES string of the molecule is CCC[C@@H](N)c1nc(Cc2cccs2)no1. The van der Waals surface area contributed by atoms with E-state index in [-0.39, 0.29) is 6.04 Å². The van der Waals surface area contributed by atoms with Crippen molar-refractivity contribution in [1.82, 2.24) is 10.1 Å². The molecule has 5 heteroatoms. The molecule has 2 aromatic rings. The molecule has 2 rings (SSSR count). The van der Waals surface area contributed by atoms with E-state index in [9.17, 15) is 0 Å². The molecule has 0 spiro atoms. The summed E-state index contributed by atoms with van der Waals surface area (Å²) in [6.45, 7) is 2.09. The van der Waals surface area contributed by atoms with Gasteiger partial charge in [-0.1, -0.05) is 24.6 Å². The number of hydrogen-bond acceptors (Lipinski definition) is 5. The Kier molecular flexibility index (Phi) is 3.69. The van der Waals surface area contributed by atoms with Crippen molar-refractivity contribution in [3.8, 4) is 0 Å². The molecular formula is C11H15N3OS. The second-order valence-electron chi connectivity index (χ2n) is 3.70. The summed E-state index contributed by atoms with van der Waals surface area (Å²) in [5, 5.41) is 5.98. The van der Waals surface area contributed by atoms with Crippen LogP contribution in [0.2, 0.25) is 0 Å². The van der Waals surface area contributed by atoms with Crippen molar-refractivity contribution in [2.24, 2.45) is 5.73 Å². The first-order valence-corrected chi connectivity index (χ1v) is 6.28. The topological polar surface area (TPSA) is 64.9 Å². The Morgan fingerprint density at radius 2 is 2.44 bits per heavy atom. The first-order valence-electron chi connectivity index (χ1n) is 5.40. The minimum atomic E-state index is -0.130. The van der Waals surface area contributed by atoms with Crippen LogP contribution in [0.1, 0.15) is 42.4 Å². The van der Waals surface area contributed by atoms with E-state index in [4.69, 9.17) is 10.3 Å². The van der Waals surface area contributed by atoms with Crippen LogP contribution in [0.4, 0.5) is 0 Å². The molecule has 0 aliphatic rings. The van der Waals surface area contributed by atoms with E-state index in [2.05, 4.69) is 23.1 Å². The summed E-state index contributed by atoms with van der Waals surface area (Å²) < 4.78 is 5.15. The van der Waals surface area contributed by atoms with Crippen LogP contribution in [0, 0.1) is 0 Å². The Labute approximate surface area is 98.5 Å². The van der Waals surface area contributed by atoms with Crippen LogP contribution < -0.4 is 5.73 Å². The average Bonchev–Trinajstić information content (AvgIpc) is 2.90. The Balaban J connectivity index is 2.02. The molecule has 0 saturated carbocycles. The van der Waals surface area contributed by atoms with Crippen LogP contribution in [0.3, 0.4) is 0 Å². The number of nitrogens with zero attached hydrogens (tertiary/aromatic N) is 2. The third-order valence-electron chi connectivity index (χ3n) is 2.31. The summed E-state index contributed by atoms with van der Waals surface area (Å²) in [7, 11) is 0. The molecule has 1 atom stereocenters. The summed E-state index contributed by atoms with van der Waals surface area (Å²) in [5.74, 6) is 1.26. The van der Waals surface area contributed by atoms with E-state index in [1.165, 1.54) is 4.88 Å². The van der Waals surface area contributed by atoms with Crippen molar-refractivity contribution >= 4 is 11.3 Å². The fraction of sp³-hybridized carbons (Fsp3) is 0.455. The largest absolute Gasteiger partial charge is 0.338 e. The maximum Gasteiger partial charge on any atom is 0.243 e. The van der Waals surface area contributed by atoms with Crippen molar-refractivity contribution in [3.63, 3.8) is 0 Å².